The van der Waals surface area contributed by atoms with E-state index in [1.807, 2.05) is 0 Å². The van der Waals surface area contributed by atoms with Gasteiger partial charge in [-0.25, -0.2) is 4.98 Å². The van der Waals surface area contributed by atoms with Gasteiger partial charge in [-0.15, -0.1) is 0 Å². The first-order valence-electron chi connectivity index (χ1n) is 5.02. The molecule has 0 aliphatic carbocycles. The third-order valence-electron chi connectivity index (χ3n) is 2.28. The van der Waals surface area contributed by atoms with Crippen LogP contribution in [0.4, 0.5) is 0 Å². The predicted molar refractivity (Wildman–Crippen MR) is 60.9 cm³/mol. The number of nitrogens with two attached hydrogens (primary N) is 1. The summed E-state index contributed by atoms with van der Waals surface area (Å²) < 4.78 is 5.17. The lowest BCUT2D eigenvalue weighted by atomic mass is 10.0. The van der Waals surface area contributed by atoms with Gasteiger partial charge in [0.1, 0.15) is 0 Å². The fourth-order valence-corrected chi connectivity index (χ4v) is 1.27. The molecule has 0 spiro atoms. The van der Waals surface area contributed by atoms with Crippen molar-refractivity contribution in [3.05, 3.63) is 17.3 Å². The van der Waals surface area contributed by atoms with Crippen molar-refractivity contribution in [2.45, 2.75) is 33.2 Å². The first-order chi connectivity index (χ1) is 7.77. The van der Waals surface area contributed by atoms with E-state index in [9.17, 15) is 4.79 Å². The fraction of sp³-hybridized carbons (Fsp3) is 0.500. The molecular formula is C10H16N4O3. The van der Waals surface area contributed by atoms with Gasteiger partial charge in [0, 0.05) is 6.92 Å². The standard InChI is InChI=1S/C10H16N4O3/c1-5-7(17-6(2)12-5)8(15)13-10(3,4)9(11)14-16/h16H,1-4H3,(H2,11,14)(H,13,15). The summed E-state index contributed by atoms with van der Waals surface area (Å²) in [5, 5.41) is 14.0. The summed E-state index contributed by atoms with van der Waals surface area (Å²) in [7, 11) is 0. The van der Waals surface area contributed by atoms with Gasteiger partial charge in [0.05, 0.1) is 11.2 Å². The van der Waals surface area contributed by atoms with E-state index in [4.69, 9.17) is 15.4 Å². The Labute approximate surface area is 98.7 Å². The number of nitrogens with zero attached hydrogens (tertiary/aromatic N) is 2. The molecule has 0 aliphatic rings. The summed E-state index contributed by atoms with van der Waals surface area (Å²) in [5.74, 6) is -0.0185. The Morgan fingerprint density at radius 1 is 1.53 bits per heavy atom. The zero-order chi connectivity index (χ0) is 13.2. The highest BCUT2D eigenvalue weighted by Crippen LogP contribution is 2.11. The second kappa shape index (κ2) is 4.44. The molecule has 1 aromatic rings. The molecule has 1 rings (SSSR count). The minimum absolute atomic E-state index is 0.0975. The monoisotopic (exact) mass is 240 g/mol. The topological polar surface area (TPSA) is 114 Å². The van der Waals surface area contributed by atoms with Gasteiger partial charge in [0.2, 0.25) is 5.76 Å². The van der Waals surface area contributed by atoms with Crippen LogP contribution in [-0.2, 0) is 0 Å². The minimum atomic E-state index is -0.973. The van der Waals surface area contributed by atoms with Gasteiger partial charge in [-0.3, -0.25) is 4.79 Å². The second-order valence-corrected chi connectivity index (χ2v) is 4.21. The van der Waals surface area contributed by atoms with Gasteiger partial charge >= 0.3 is 0 Å². The number of rotatable bonds is 3. The highest BCUT2D eigenvalue weighted by Gasteiger charge is 2.28. The molecule has 0 fully saturated rings. The summed E-state index contributed by atoms with van der Waals surface area (Å²) in [6, 6.07) is 0. The number of aromatic nitrogens is 1. The largest absolute Gasteiger partial charge is 0.436 e. The van der Waals surface area contributed by atoms with E-state index >= 15 is 0 Å². The van der Waals surface area contributed by atoms with Crippen LogP contribution in [0.5, 0.6) is 0 Å². The zero-order valence-electron chi connectivity index (χ0n) is 10.2. The molecule has 4 N–H and O–H groups in total. The number of hydrogen-bond donors (Lipinski definition) is 3. The Hall–Kier alpha value is -2.05. The summed E-state index contributed by atoms with van der Waals surface area (Å²) in [6.45, 7) is 6.54. The van der Waals surface area contributed by atoms with Gasteiger partial charge in [0.15, 0.2) is 11.7 Å². The average Bonchev–Trinajstić information content (AvgIpc) is 2.56. The van der Waals surface area contributed by atoms with Gasteiger partial charge in [-0.2, -0.15) is 0 Å². The van der Waals surface area contributed by atoms with Crippen molar-refractivity contribution in [3.8, 4) is 0 Å². The van der Waals surface area contributed by atoms with Crippen LogP contribution in [-0.4, -0.2) is 27.5 Å². The van der Waals surface area contributed by atoms with Crippen LogP contribution in [0.2, 0.25) is 0 Å². The summed E-state index contributed by atoms with van der Waals surface area (Å²) in [4.78, 5) is 15.9. The Kier molecular flexibility index (Phi) is 3.40. The quantitative estimate of drug-likeness (QED) is 0.309. The summed E-state index contributed by atoms with van der Waals surface area (Å²) >= 11 is 0. The molecule has 94 valence electrons. The lowest BCUT2D eigenvalue weighted by molar-refractivity contribution is 0.0900. The molecule has 1 heterocycles. The van der Waals surface area contributed by atoms with E-state index in [1.54, 1.807) is 27.7 Å². The number of amidine groups is 1. The number of carbonyl (C=O) groups excluding carboxylic acids is 1. The normalized spacial score (nSPS) is 12.6. The average molecular weight is 240 g/mol. The molecule has 1 aromatic heterocycles. The van der Waals surface area contributed by atoms with E-state index < -0.39 is 11.4 Å². The minimum Gasteiger partial charge on any atom is -0.436 e. The first-order valence-corrected chi connectivity index (χ1v) is 5.02. The van der Waals surface area contributed by atoms with E-state index in [1.165, 1.54) is 0 Å². The van der Waals surface area contributed by atoms with Crippen molar-refractivity contribution in [1.82, 2.24) is 10.3 Å². The Morgan fingerprint density at radius 3 is 2.53 bits per heavy atom. The molecule has 1 amide bonds. The smallest absolute Gasteiger partial charge is 0.289 e. The van der Waals surface area contributed by atoms with Gasteiger partial charge in [-0.1, -0.05) is 5.16 Å². The molecule has 0 atom stereocenters. The van der Waals surface area contributed by atoms with Crippen molar-refractivity contribution in [1.29, 1.82) is 0 Å². The highest BCUT2D eigenvalue weighted by molar-refractivity contribution is 5.98. The molecule has 17 heavy (non-hydrogen) atoms. The number of carbonyl (C=O) groups is 1. The molecule has 0 unspecified atom stereocenters. The van der Waals surface area contributed by atoms with Crippen molar-refractivity contribution in [2.75, 3.05) is 0 Å². The summed E-state index contributed by atoms with van der Waals surface area (Å²) in [6.07, 6.45) is 0. The van der Waals surface area contributed by atoms with E-state index in [2.05, 4.69) is 15.5 Å². The Bertz CT molecular complexity index is 462. The first kappa shape index (κ1) is 13.0. The molecule has 7 nitrogen and oxygen atoms in total. The van der Waals surface area contributed by atoms with Crippen molar-refractivity contribution >= 4 is 11.7 Å². The zero-order valence-corrected chi connectivity index (χ0v) is 10.2. The lowest BCUT2D eigenvalue weighted by Gasteiger charge is -2.23. The van der Waals surface area contributed by atoms with Crippen LogP contribution >= 0.6 is 0 Å². The molecule has 0 saturated carbocycles. The third-order valence-corrected chi connectivity index (χ3v) is 2.28. The van der Waals surface area contributed by atoms with Crippen LogP contribution in [0.15, 0.2) is 9.57 Å². The van der Waals surface area contributed by atoms with Crippen molar-refractivity contribution in [3.63, 3.8) is 0 Å². The van der Waals surface area contributed by atoms with Crippen LogP contribution in [0.25, 0.3) is 0 Å². The number of oxime groups is 1. The summed E-state index contributed by atoms with van der Waals surface area (Å²) in [5.41, 5.74) is 4.98. The van der Waals surface area contributed by atoms with Crippen LogP contribution in [0.3, 0.4) is 0 Å². The number of hydrogen-bond acceptors (Lipinski definition) is 5. The molecular weight excluding hydrogens is 224 g/mol. The maximum atomic E-state index is 11.9. The van der Waals surface area contributed by atoms with E-state index in [0.29, 0.717) is 11.6 Å². The lowest BCUT2D eigenvalue weighted by Crippen LogP contribution is -2.53. The number of aryl methyl sites for hydroxylation is 2. The second-order valence-electron chi connectivity index (χ2n) is 4.21. The molecule has 0 aromatic carbocycles. The SMILES string of the molecule is Cc1nc(C)c(C(=O)NC(C)(C)C(N)=NO)o1. The van der Waals surface area contributed by atoms with Gasteiger partial charge in [0.25, 0.3) is 5.91 Å². The molecule has 0 bridgehead atoms. The fourth-order valence-electron chi connectivity index (χ4n) is 1.27. The molecule has 0 saturated heterocycles. The maximum Gasteiger partial charge on any atom is 0.289 e. The predicted octanol–water partition coefficient (Wildman–Crippen LogP) is 0.546. The Balaban J connectivity index is 2.90. The van der Waals surface area contributed by atoms with Crippen LogP contribution in [0.1, 0.15) is 36.0 Å². The Morgan fingerprint density at radius 2 is 2.12 bits per heavy atom. The molecule has 0 aliphatic heterocycles. The van der Waals surface area contributed by atoms with E-state index in [0.717, 1.165) is 0 Å². The van der Waals surface area contributed by atoms with Crippen LogP contribution in [0, 0.1) is 13.8 Å². The van der Waals surface area contributed by atoms with Crippen molar-refractivity contribution in [2.24, 2.45) is 10.9 Å². The molecule has 7 heteroatoms. The van der Waals surface area contributed by atoms with Gasteiger partial charge in [-0.05, 0) is 20.8 Å². The number of amides is 1. The number of oxazole rings is 1. The third kappa shape index (κ3) is 2.74. The van der Waals surface area contributed by atoms with Gasteiger partial charge < -0.3 is 20.7 Å². The van der Waals surface area contributed by atoms with E-state index in [-0.39, 0.29) is 11.6 Å². The number of nitrogens with one attached hydrogen (secondary N) is 1. The molecule has 0 radical (unpaired) electrons. The van der Waals surface area contributed by atoms with Crippen LogP contribution < -0.4 is 11.1 Å². The highest BCUT2D eigenvalue weighted by atomic mass is 16.4. The van der Waals surface area contributed by atoms with Crippen molar-refractivity contribution < 1.29 is 14.4 Å². The maximum absolute atomic E-state index is 11.9.